The second-order valence-electron chi connectivity index (χ2n) is 10.4. The van der Waals surface area contributed by atoms with Gasteiger partial charge < -0.3 is 14.2 Å². The zero-order valence-corrected chi connectivity index (χ0v) is 20.8. The molecule has 0 fully saturated rings. The van der Waals surface area contributed by atoms with Crippen LogP contribution in [-0.4, -0.2) is 18.9 Å². The summed E-state index contributed by atoms with van der Waals surface area (Å²) in [5, 5.41) is 1.74. The van der Waals surface area contributed by atoms with E-state index in [0.717, 1.165) is 23.6 Å². The van der Waals surface area contributed by atoms with Gasteiger partial charge in [-0.1, -0.05) is 72.2 Å². The summed E-state index contributed by atoms with van der Waals surface area (Å²) in [4.78, 5) is 13.6. The second-order valence-corrected chi connectivity index (χ2v) is 10.4. The minimum Gasteiger partial charge on any atom is -0.465 e. The summed E-state index contributed by atoms with van der Waals surface area (Å²) in [6.07, 6.45) is 1.39. The van der Waals surface area contributed by atoms with Gasteiger partial charge in [-0.05, 0) is 50.2 Å². The SMILES string of the molecule is CCOC(C)Oc1cccc2c(OC(=O)C(C)(CC(C)(C)CC)C(C)(C)C)cccc12. The van der Waals surface area contributed by atoms with E-state index in [0.29, 0.717) is 18.1 Å². The Morgan fingerprint density at radius 2 is 1.45 bits per heavy atom. The molecule has 0 amide bonds. The molecule has 0 bridgehead atoms. The molecule has 0 radical (unpaired) electrons. The van der Waals surface area contributed by atoms with E-state index in [2.05, 4.69) is 41.5 Å². The van der Waals surface area contributed by atoms with Gasteiger partial charge in [0, 0.05) is 17.4 Å². The van der Waals surface area contributed by atoms with Crippen molar-refractivity contribution in [3.8, 4) is 11.5 Å². The maximum Gasteiger partial charge on any atom is 0.317 e. The maximum atomic E-state index is 13.6. The summed E-state index contributed by atoms with van der Waals surface area (Å²) in [7, 11) is 0. The lowest BCUT2D eigenvalue weighted by Crippen LogP contribution is -2.45. The van der Waals surface area contributed by atoms with E-state index >= 15 is 0 Å². The van der Waals surface area contributed by atoms with Crippen molar-refractivity contribution in [2.45, 2.75) is 81.4 Å². The summed E-state index contributed by atoms with van der Waals surface area (Å²) in [6, 6.07) is 11.5. The minimum absolute atomic E-state index is 0.0379. The van der Waals surface area contributed by atoms with Gasteiger partial charge in [0.2, 0.25) is 0 Å². The van der Waals surface area contributed by atoms with Gasteiger partial charge in [-0.15, -0.1) is 0 Å². The van der Waals surface area contributed by atoms with Crippen molar-refractivity contribution in [2.24, 2.45) is 16.2 Å². The summed E-state index contributed by atoms with van der Waals surface area (Å²) in [5.41, 5.74) is -0.842. The maximum absolute atomic E-state index is 13.6. The minimum atomic E-state index is -0.633. The van der Waals surface area contributed by atoms with Crippen molar-refractivity contribution >= 4 is 16.7 Å². The van der Waals surface area contributed by atoms with Gasteiger partial charge in [-0.25, -0.2) is 0 Å². The third kappa shape index (κ3) is 5.79. The third-order valence-electron chi connectivity index (χ3n) is 6.63. The van der Waals surface area contributed by atoms with Crippen LogP contribution in [0.3, 0.4) is 0 Å². The average Bonchev–Trinajstić information content (AvgIpc) is 2.67. The molecule has 2 unspecified atom stereocenters. The lowest BCUT2D eigenvalue weighted by atomic mass is 9.60. The predicted octanol–water partition coefficient (Wildman–Crippen LogP) is 7.39. The first-order valence-corrected chi connectivity index (χ1v) is 11.4. The first-order chi connectivity index (χ1) is 14.3. The van der Waals surface area contributed by atoms with Gasteiger partial charge in [0.15, 0.2) is 6.29 Å². The van der Waals surface area contributed by atoms with Gasteiger partial charge in [-0.2, -0.15) is 0 Å². The molecule has 2 aromatic carbocycles. The summed E-state index contributed by atoms with van der Waals surface area (Å²) >= 11 is 0. The lowest BCUT2D eigenvalue weighted by molar-refractivity contribution is -0.154. The van der Waals surface area contributed by atoms with Gasteiger partial charge in [0.05, 0.1) is 5.41 Å². The van der Waals surface area contributed by atoms with Crippen molar-refractivity contribution < 1.29 is 19.0 Å². The van der Waals surface area contributed by atoms with Crippen LogP contribution in [0.15, 0.2) is 36.4 Å². The Labute approximate surface area is 188 Å². The van der Waals surface area contributed by atoms with Gasteiger partial charge in [-0.3, -0.25) is 4.79 Å². The van der Waals surface area contributed by atoms with Crippen LogP contribution in [0.2, 0.25) is 0 Å². The Morgan fingerprint density at radius 1 is 0.903 bits per heavy atom. The van der Waals surface area contributed by atoms with Gasteiger partial charge in [0.25, 0.3) is 0 Å². The normalized spacial score (nSPS) is 15.4. The fourth-order valence-electron chi connectivity index (χ4n) is 3.83. The molecular formula is C27H40O4. The Balaban J connectivity index is 2.42. The van der Waals surface area contributed by atoms with E-state index in [9.17, 15) is 4.79 Å². The highest BCUT2D eigenvalue weighted by Gasteiger charge is 2.48. The molecule has 4 nitrogen and oxygen atoms in total. The van der Waals surface area contributed by atoms with Crippen LogP contribution in [0.25, 0.3) is 10.8 Å². The predicted molar refractivity (Wildman–Crippen MR) is 128 cm³/mol. The molecule has 0 heterocycles. The largest absolute Gasteiger partial charge is 0.465 e. The number of benzene rings is 2. The zero-order valence-electron chi connectivity index (χ0n) is 20.8. The van der Waals surface area contributed by atoms with Crippen molar-refractivity contribution in [1.29, 1.82) is 0 Å². The van der Waals surface area contributed by atoms with Crippen LogP contribution in [0.5, 0.6) is 11.5 Å². The Kier molecular flexibility index (Phi) is 7.80. The van der Waals surface area contributed by atoms with Crippen molar-refractivity contribution in [1.82, 2.24) is 0 Å². The number of fused-ring (bicyclic) bond motifs is 1. The molecule has 0 saturated carbocycles. The van der Waals surface area contributed by atoms with E-state index in [1.54, 1.807) is 0 Å². The number of carbonyl (C=O) groups is 1. The lowest BCUT2D eigenvalue weighted by Gasteiger charge is -2.44. The van der Waals surface area contributed by atoms with Crippen LogP contribution in [0.4, 0.5) is 0 Å². The summed E-state index contributed by atoms with van der Waals surface area (Å²) in [6.45, 7) is 19.4. The number of hydrogen-bond donors (Lipinski definition) is 0. The molecule has 0 aromatic heterocycles. The van der Waals surface area contributed by atoms with E-state index in [-0.39, 0.29) is 23.1 Å². The monoisotopic (exact) mass is 428 g/mol. The Hall–Kier alpha value is -2.07. The Morgan fingerprint density at radius 3 is 1.97 bits per heavy atom. The molecule has 0 saturated heterocycles. The first-order valence-electron chi connectivity index (χ1n) is 11.4. The van der Waals surface area contributed by atoms with Crippen LogP contribution in [0, 0.1) is 16.2 Å². The fraction of sp³-hybridized carbons (Fsp3) is 0.593. The number of ether oxygens (including phenoxy) is 3. The highest BCUT2D eigenvalue weighted by molar-refractivity contribution is 5.95. The van der Waals surface area contributed by atoms with Crippen molar-refractivity contribution in [3.05, 3.63) is 36.4 Å². The molecule has 2 atom stereocenters. The molecule has 0 aliphatic carbocycles. The third-order valence-corrected chi connectivity index (χ3v) is 6.63. The standard InChI is InChI=1S/C27H40O4/c1-10-26(7,8)18-27(9,25(4,5)6)24(28)31-23-17-13-14-20-21(23)15-12-16-22(20)30-19(3)29-11-2/h12-17,19H,10-11,18H2,1-9H3. The highest BCUT2D eigenvalue weighted by Crippen LogP contribution is 2.49. The summed E-state index contributed by atoms with van der Waals surface area (Å²) in [5.74, 6) is 1.08. The number of hydrogen-bond acceptors (Lipinski definition) is 4. The van der Waals surface area contributed by atoms with E-state index in [1.165, 1.54) is 0 Å². The van der Waals surface area contributed by atoms with Crippen LogP contribution in [-0.2, 0) is 9.53 Å². The average molecular weight is 429 g/mol. The molecule has 2 aromatic rings. The Bertz CT molecular complexity index is 894. The highest BCUT2D eigenvalue weighted by atomic mass is 16.7. The second kappa shape index (κ2) is 9.60. The molecule has 0 aliphatic heterocycles. The number of esters is 1. The smallest absolute Gasteiger partial charge is 0.317 e. The molecular weight excluding hydrogens is 388 g/mol. The van der Waals surface area contributed by atoms with Crippen molar-refractivity contribution in [2.75, 3.05) is 6.61 Å². The molecule has 0 spiro atoms. The van der Waals surface area contributed by atoms with Crippen LogP contribution >= 0.6 is 0 Å². The molecule has 4 heteroatoms. The molecule has 31 heavy (non-hydrogen) atoms. The van der Waals surface area contributed by atoms with Gasteiger partial charge >= 0.3 is 5.97 Å². The van der Waals surface area contributed by atoms with E-state index in [1.807, 2.05) is 57.2 Å². The quantitative estimate of drug-likeness (QED) is 0.237. The molecule has 172 valence electrons. The van der Waals surface area contributed by atoms with E-state index < -0.39 is 5.41 Å². The first kappa shape index (κ1) is 25.2. The number of carbonyl (C=O) groups excluding carboxylic acids is 1. The van der Waals surface area contributed by atoms with E-state index in [4.69, 9.17) is 14.2 Å². The van der Waals surface area contributed by atoms with Crippen molar-refractivity contribution in [3.63, 3.8) is 0 Å². The topological polar surface area (TPSA) is 44.8 Å². The zero-order chi connectivity index (χ0) is 23.4. The van der Waals surface area contributed by atoms with Gasteiger partial charge in [0.1, 0.15) is 11.5 Å². The summed E-state index contributed by atoms with van der Waals surface area (Å²) < 4.78 is 17.6. The fourth-order valence-corrected chi connectivity index (χ4v) is 3.83. The van der Waals surface area contributed by atoms with Crippen LogP contribution in [0.1, 0.15) is 75.2 Å². The number of rotatable bonds is 9. The van der Waals surface area contributed by atoms with Crippen LogP contribution < -0.4 is 9.47 Å². The molecule has 2 rings (SSSR count). The molecule has 0 aliphatic rings. The molecule has 0 N–H and O–H groups in total.